The van der Waals surface area contributed by atoms with Gasteiger partial charge in [0.05, 0.1) is 22.3 Å². The number of benzene rings is 2. The first kappa shape index (κ1) is 20.4. The second-order valence-corrected chi connectivity index (χ2v) is 7.41. The Labute approximate surface area is 172 Å². The summed E-state index contributed by atoms with van der Waals surface area (Å²) in [7, 11) is 1.80. The maximum absolute atomic E-state index is 12.4. The fraction of sp³-hybridized carbons (Fsp3) is 0.238. The summed E-state index contributed by atoms with van der Waals surface area (Å²) in [6.07, 6.45) is 0.856. The molecule has 1 amide bonds. The van der Waals surface area contributed by atoms with E-state index in [0.717, 1.165) is 22.9 Å². The number of hydrogen-bond acceptors (Lipinski definition) is 4. The fourth-order valence-electron chi connectivity index (χ4n) is 3.01. The lowest BCUT2D eigenvalue weighted by atomic mass is 10.1. The van der Waals surface area contributed by atoms with Crippen LogP contribution >= 0.6 is 23.2 Å². The highest BCUT2D eigenvalue weighted by molar-refractivity contribution is 6.39. The van der Waals surface area contributed by atoms with Gasteiger partial charge in [0.2, 0.25) is 5.91 Å². The minimum atomic E-state index is -0.406. The number of nitrogens with zero attached hydrogens (tertiary/aromatic N) is 1. The van der Waals surface area contributed by atoms with Crippen molar-refractivity contribution in [2.24, 2.45) is 0 Å². The minimum Gasteiger partial charge on any atom is -0.423 e. The summed E-state index contributed by atoms with van der Waals surface area (Å²) < 4.78 is 5.33. The third kappa shape index (κ3) is 4.73. The number of halogens is 2. The maximum Gasteiger partial charge on any atom is 0.336 e. The van der Waals surface area contributed by atoms with E-state index in [9.17, 15) is 9.59 Å². The third-order valence-corrected chi connectivity index (χ3v) is 5.01. The molecule has 1 heterocycles. The van der Waals surface area contributed by atoms with Crippen LogP contribution < -0.4 is 10.9 Å². The number of aryl methyl sites for hydroxylation is 1. The predicted octanol–water partition coefficient (Wildman–Crippen LogP) is 4.73. The van der Waals surface area contributed by atoms with E-state index >= 15 is 0 Å². The van der Waals surface area contributed by atoms with Crippen LogP contribution in [0.2, 0.25) is 10.0 Å². The van der Waals surface area contributed by atoms with Crippen molar-refractivity contribution in [2.45, 2.75) is 19.9 Å². The number of nitrogens with one attached hydrogen (secondary N) is 1. The second-order valence-electron chi connectivity index (χ2n) is 6.59. The van der Waals surface area contributed by atoms with Crippen molar-refractivity contribution >= 4 is 45.8 Å². The van der Waals surface area contributed by atoms with E-state index in [1.807, 2.05) is 30.0 Å². The zero-order valence-electron chi connectivity index (χ0n) is 15.6. The summed E-state index contributed by atoms with van der Waals surface area (Å²) in [6.45, 7) is 2.56. The van der Waals surface area contributed by atoms with Crippen LogP contribution in [0.3, 0.4) is 0 Å². The average molecular weight is 419 g/mol. The second kappa shape index (κ2) is 8.78. The van der Waals surface area contributed by atoms with Crippen LogP contribution in [0.25, 0.3) is 11.0 Å². The Morgan fingerprint density at radius 1 is 1.14 bits per heavy atom. The quantitative estimate of drug-likeness (QED) is 0.587. The van der Waals surface area contributed by atoms with Crippen LogP contribution in [-0.2, 0) is 17.8 Å². The average Bonchev–Trinajstić information content (AvgIpc) is 2.64. The van der Waals surface area contributed by atoms with Crippen molar-refractivity contribution in [2.75, 3.05) is 18.9 Å². The number of carbonyl (C=O) groups is 1. The monoisotopic (exact) mass is 418 g/mol. The molecular formula is C21H20Cl2N2O3. The Morgan fingerprint density at radius 2 is 1.86 bits per heavy atom. The predicted molar refractivity (Wildman–Crippen MR) is 113 cm³/mol. The van der Waals surface area contributed by atoms with E-state index in [-0.39, 0.29) is 12.5 Å². The highest BCUT2D eigenvalue weighted by Gasteiger charge is 2.14. The van der Waals surface area contributed by atoms with Crippen LogP contribution in [-0.4, -0.2) is 24.4 Å². The standard InChI is InChI=1S/C21H20Cl2N2O3/c1-3-13-7-8-15-14(10-20(27)28-18(15)9-13)11-25(2)12-19(26)24-21-16(22)5-4-6-17(21)23/h4-10H,3,11-12H2,1-2H3,(H,24,26). The normalized spacial score (nSPS) is 11.2. The molecule has 0 aliphatic heterocycles. The van der Waals surface area contributed by atoms with Crippen molar-refractivity contribution < 1.29 is 9.21 Å². The molecule has 3 rings (SSSR count). The number of anilines is 1. The maximum atomic E-state index is 12.4. The Morgan fingerprint density at radius 3 is 2.54 bits per heavy atom. The van der Waals surface area contributed by atoms with Crippen LogP contribution in [0.1, 0.15) is 18.1 Å². The topological polar surface area (TPSA) is 62.6 Å². The van der Waals surface area contributed by atoms with E-state index in [4.69, 9.17) is 27.6 Å². The molecule has 1 aromatic heterocycles. The van der Waals surface area contributed by atoms with Gasteiger partial charge in [0.25, 0.3) is 0 Å². The first-order valence-electron chi connectivity index (χ1n) is 8.85. The van der Waals surface area contributed by atoms with Gasteiger partial charge in [-0.15, -0.1) is 0 Å². The molecule has 28 heavy (non-hydrogen) atoms. The number of likely N-dealkylation sites (N-methyl/N-ethyl adjacent to an activating group) is 1. The Hall–Kier alpha value is -2.34. The molecule has 3 aromatic rings. The molecular weight excluding hydrogens is 399 g/mol. The fourth-order valence-corrected chi connectivity index (χ4v) is 3.51. The summed E-state index contributed by atoms with van der Waals surface area (Å²) in [5.74, 6) is -0.252. The molecule has 0 saturated carbocycles. The van der Waals surface area contributed by atoms with Gasteiger partial charge in [-0.25, -0.2) is 4.79 Å². The summed E-state index contributed by atoms with van der Waals surface area (Å²) in [5.41, 5.74) is 2.44. The highest BCUT2D eigenvalue weighted by Crippen LogP contribution is 2.29. The number of fused-ring (bicyclic) bond motifs is 1. The van der Waals surface area contributed by atoms with Crippen LogP contribution in [0.5, 0.6) is 0 Å². The summed E-state index contributed by atoms with van der Waals surface area (Å²) in [4.78, 5) is 26.1. The molecule has 0 aliphatic rings. The molecule has 7 heteroatoms. The third-order valence-electron chi connectivity index (χ3n) is 4.38. The SMILES string of the molecule is CCc1ccc2c(CN(C)CC(=O)Nc3c(Cl)cccc3Cl)cc(=O)oc2c1. The van der Waals surface area contributed by atoms with Gasteiger partial charge in [0.1, 0.15) is 5.58 Å². The number of hydrogen-bond donors (Lipinski definition) is 1. The number of para-hydroxylation sites is 1. The molecule has 0 atom stereocenters. The van der Waals surface area contributed by atoms with Crippen molar-refractivity contribution in [3.63, 3.8) is 0 Å². The molecule has 1 N–H and O–H groups in total. The largest absolute Gasteiger partial charge is 0.423 e. The van der Waals surface area contributed by atoms with E-state index in [1.54, 1.807) is 25.2 Å². The van der Waals surface area contributed by atoms with E-state index in [2.05, 4.69) is 5.32 Å². The first-order chi connectivity index (χ1) is 13.4. The van der Waals surface area contributed by atoms with Crippen molar-refractivity contribution in [3.05, 3.63) is 74.1 Å². The number of amides is 1. The van der Waals surface area contributed by atoms with Crippen molar-refractivity contribution in [3.8, 4) is 0 Å². The van der Waals surface area contributed by atoms with E-state index in [1.165, 1.54) is 6.07 Å². The molecule has 0 saturated heterocycles. The van der Waals surface area contributed by atoms with Crippen LogP contribution in [0.15, 0.2) is 51.7 Å². The van der Waals surface area contributed by atoms with Gasteiger partial charge in [-0.2, -0.15) is 0 Å². The van der Waals surface area contributed by atoms with Gasteiger partial charge in [-0.05, 0) is 42.8 Å². The smallest absolute Gasteiger partial charge is 0.336 e. The van der Waals surface area contributed by atoms with Gasteiger partial charge >= 0.3 is 5.63 Å². The number of rotatable bonds is 6. The molecule has 0 spiro atoms. The number of carbonyl (C=O) groups excluding carboxylic acids is 1. The highest BCUT2D eigenvalue weighted by atomic mass is 35.5. The van der Waals surface area contributed by atoms with Gasteiger partial charge in [-0.3, -0.25) is 9.69 Å². The lowest BCUT2D eigenvalue weighted by Crippen LogP contribution is -2.30. The van der Waals surface area contributed by atoms with Gasteiger partial charge in [0, 0.05) is 18.0 Å². The Kier molecular flexibility index (Phi) is 6.39. The van der Waals surface area contributed by atoms with Gasteiger partial charge < -0.3 is 9.73 Å². The Bertz CT molecular complexity index is 1060. The molecule has 0 unspecified atom stereocenters. The molecule has 0 bridgehead atoms. The van der Waals surface area contributed by atoms with Gasteiger partial charge in [0.15, 0.2) is 0 Å². The van der Waals surface area contributed by atoms with Crippen molar-refractivity contribution in [1.82, 2.24) is 4.90 Å². The van der Waals surface area contributed by atoms with E-state index in [0.29, 0.717) is 27.9 Å². The van der Waals surface area contributed by atoms with Crippen molar-refractivity contribution in [1.29, 1.82) is 0 Å². The molecule has 5 nitrogen and oxygen atoms in total. The van der Waals surface area contributed by atoms with E-state index < -0.39 is 5.63 Å². The zero-order valence-corrected chi connectivity index (χ0v) is 17.1. The van der Waals surface area contributed by atoms with Gasteiger partial charge in [-0.1, -0.05) is 48.3 Å². The lowest BCUT2D eigenvalue weighted by molar-refractivity contribution is -0.117. The zero-order chi connectivity index (χ0) is 20.3. The molecule has 0 aliphatic carbocycles. The molecule has 0 fully saturated rings. The summed E-state index contributed by atoms with van der Waals surface area (Å²) >= 11 is 12.2. The molecule has 2 aromatic carbocycles. The Balaban J connectivity index is 1.75. The minimum absolute atomic E-state index is 0.107. The lowest BCUT2D eigenvalue weighted by Gasteiger charge is -2.18. The summed E-state index contributed by atoms with van der Waals surface area (Å²) in [5, 5.41) is 4.35. The first-order valence-corrected chi connectivity index (χ1v) is 9.61. The van der Waals surface area contributed by atoms with Crippen LogP contribution in [0, 0.1) is 0 Å². The molecule has 0 radical (unpaired) electrons. The van der Waals surface area contributed by atoms with Crippen LogP contribution in [0.4, 0.5) is 5.69 Å². The summed E-state index contributed by atoms with van der Waals surface area (Å²) in [6, 6.07) is 12.3. The molecule has 146 valence electrons.